The van der Waals surface area contributed by atoms with Gasteiger partial charge in [-0.1, -0.05) is 12.2 Å². The van der Waals surface area contributed by atoms with Gasteiger partial charge in [0.25, 0.3) is 5.91 Å². The van der Waals surface area contributed by atoms with Gasteiger partial charge in [0.15, 0.2) is 0 Å². The number of rotatable bonds is 4. The van der Waals surface area contributed by atoms with Gasteiger partial charge < -0.3 is 16.2 Å². The Morgan fingerprint density at radius 2 is 1.87 bits per heavy atom. The molecule has 0 aliphatic heterocycles. The van der Waals surface area contributed by atoms with Crippen molar-refractivity contribution in [3.05, 3.63) is 28.2 Å². The molecule has 2 atom stereocenters. The Hall–Kier alpha value is -2.15. The number of hydrogen-bond donors (Lipinski definition) is 3. The lowest BCUT2D eigenvalue weighted by molar-refractivity contribution is -0.146. The molecule has 3 rings (SSSR count). The number of hydrogen-bond acceptors (Lipinski definition) is 4. The zero-order valence-corrected chi connectivity index (χ0v) is 13.3. The van der Waals surface area contributed by atoms with Crippen LogP contribution in [0, 0.1) is 11.8 Å². The van der Waals surface area contributed by atoms with Gasteiger partial charge in [-0.25, -0.2) is 0 Å². The number of amides is 2. The second kappa shape index (κ2) is 6.16. The number of thiophene rings is 1. The first kappa shape index (κ1) is 15.7. The van der Waals surface area contributed by atoms with E-state index in [0.717, 1.165) is 29.7 Å². The third-order valence-electron chi connectivity index (χ3n) is 4.49. The molecule has 0 unspecified atom stereocenters. The van der Waals surface area contributed by atoms with E-state index in [4.69, 9.17) is 5.73 Å². The number of carbonyl (C=O) groups is 3. The molecule has 2 aliphatic carbocycles. The smallest absolute Gasteiger partial charge is 0.307 e. The Bertz CT molecular complexity index is 707. The van der Waals surface area contributed by atoms with Crippen molar-refractivity contribution >= 4 is 34.1 Å². The maximum atomic E-state index is 12.5. The van der Waals surface area contributed by atoms with Crippen molar-refractivity contribution in [2.24, 2.45) is 17.6 Å². The number of aryl methyl sites for hydroxylation is 1. The van der Waals surface area contributed by atoms with Crippen molar-refractivity contribution in [2.45, 2.75) is 32.1 Å². The van der Waals surface area contributed by atoms with Crippen molar-refractivity contribution in [1.29, 1.82) is 0 Å². The number of nitrogens with two attached hydrogens (primary N) is 1. The molecular formula is C16H18N2O4S. The Morgan fingerprint density at radius 3 is 2.52 bits per heavy atom. The maximum Gasteiger partial charge on any atom is 0.307 e. The van der Waals surface area contributed by atoms with Crippen LogP contribution in [-0.4, -0.2) is 22.9 Å². The fourth-order valence-corrected chi connectivity index (χ4v) is 4.63. The Labute approximate surface area is 137 Å². The van der Waals surface area contributed by atoms with Crippen molar-refractivity contribution in [3.63, 3.8) is 0 Å². The van der Waals surface area contributed by atoms with Crippen LogP contribution in [0.2, 0.25) is 0 Å². The lowest BCUT2D eigenvalue weighted by Gasteiger charge is -2.24. The molecule has 0 radical (unpaired) electrons. The van der Waals surface area contributed by atoms with Crippen molar-refractivity contribution in [1.82, 2.24) is 0 Å². The number of carboxylic acid groups (broad SMARTS) is 1. The first-order chi connectivity index (χ1) is 11.0. The average Bonchev–Trinajstić information content (AvgIpc) is 3.06. The van der Waals surface area contributed by atoms with Gasteiger partial charge in [0.05, 0.1) is 17.4 Å². The van der Waals surface area contributed by atoms with Gasteiger partial charge in [0.1, 0.15) is 5.00 Å². The molecule has 2 amide bonds. The van der Waals surface area contributed by atoms with Crippen LogP contribution >= 0.6 is 11.3 Å². The lowest BCUT2D eigenvalue weighted by Crippen LogP contribution is -2.35. The van der Waals surface area contributed by atoms with E-state index < -0.39 is 23.7 Å². The van der Waals surface area contributed by atoms with Crippen molar-refractivity contribution < 1.29 is 19.5 Å². The summed E-state index contributed by atoms with van der Waals surface area (Å²) in [6.45, 7) is 0. The summed E-state index contributed by atoms with van der Waals surface area (Å²) in [6.07, 6.45) is 7.02. The molecule has 0 fully saturated rings. The summed E-state index contributed by atoms with van der Waals surface area (Å²) in [5, 5.41) is 12.5. The van der Waals surface area contributed by atoms with Gasteiger partial charge >= 0.3 is 5.97 Å². The van der Waals surface area contributed by atoms with Crippen LogP contribution in [0.3, 0.4) is 0 Å². The Balaban J connectivity index is 1.84. The summed E-state index contributed by atoms with van der Waals surface area (Å²) in [4.78, 5) is 36.7. The molecule has 1 aromatic heterocycles. The highest BCUT2D eigenvalue weighted by atomic mass is 32.1. The van der Waals surface area contributed by atoms with E-state index in [0.29, 0.717) is 23.4 Å². The number of allylic oxidation sites excluding steroid dienone is 2. The molecule has 0 spiro atoms. The monoisotopic (exact) mass is 334 g/mol. The molecule has 1 aromatic rings. The van der Waals surface area contributed by atoms with Crippen LogP contribution in [0.15, 0.2) is 12.2 Å². The summed E-state index contributed by atoms with van der Waals surface area (Å²) < 4.78 is 0. The van der Waals surface area contributed by atoms with Crippen LogP contribution in [0.1, 0.15) is 40.1 Å². The molecule has 4 N–H and O–H groups in total. The first-order valence-corrected chi connectivity index (χ1v) is 8.43. The van der Waals surface area contributed by atoms with Gasteiger partial charge in [-0.2, -0.15) is 0 Å². The maximum absolute atomic E-state index is 12.5. The quantitative estimate of drug-likeness (QED) is 0.731. The molecule has 6 nitrogen and oxygen atoms in total. The number of carboxylic acids is 1. The van der Waals surface area contributed by atoms with Crippen LogP contribution in [0.25, 0.3) is 0 Å². The third-order valence-corrected chi connectivity index (χ3v) is 5.70. The Morgan fingerprint density at radius 1 is 1.17 bits per heavy atom. The predicted octanol–water partition coefficient (Wildman–Crippen LogP) is 1.94. The predicted molar refractivity (Wildman–Crippen MR) is 86.5 cm³/mol. The fourth-order valence-electron chi connectivity index (χ4n) is 3.33. The van der Waals surface area contributed by atoms with Crippen molar-refractivity contribution in [3.8, 4) is 0 Å². The van der Waals surface area contributed by atoms with Gasteiger partial charge in [0, 0.05) is 4.88 Å². The second-order valence-corrected chi connectivity index (χ2v) is 7.01. The number of primary amides is 1. The number of carbonyl (C=O) groups excluding carboxylic acids is 2. The van der Waals surface area contributed by atoms with E-state index in [1.165, 1.54) is 11.3 Å². The topological polar surface area (TPSA) is 109 Å². The van der Waals surface area contributed by atoms with Gasteiger partial charge in [0.2, 0.25) is 5.91 Å². The third kappa shape index (κ3) is 2.88. The van der Waals surface area contributed by atoms with E-state index in [1.807, 2.05) is 6.08 Å². The van der Waals surface area contributed by atoms with E-state index >= 15 is 0 Å². The minimum Gasteiger partial charge on any atom is -0.481 e. The van der Waals surface area contributed by atoms with E-state index in [9.17, 15) is 19.5 Å². The molecule has 1 heterocycles. The summed E-state index contributed by atoms with van der Waals surface area (Å²) >= 11 is 1.38. The zero-order chi connectivity index (χ0) is 16.6. The van der Waals surface area contributed by atoms with Gasteiger partial charge in [-0.3, -0.25) is 14.4 Å². The van der Waals surface area contributed by atoms with Crippen LogP contribution in [-0.2, 0) is 22.4 Å². The fraction of sp³-hybridized carbons (Fsp3) is 0.438. The normalized spacial score (nSPS) is 22.6. The largest absolute Gasteiger partial charge is 0.481 e. The molecule has 0 aromatic carbocycles. The van der Waals surface area contributed by atoms with Crippen LogP contribution in [0.4, 0.5) is 5.00 Å². The Kier molecular flexibility index (Phi) is 4.21. The highest BCUT2D eigenvalue weighted by Crippen LogP contribution is 2.39. The number of anilines is 1. The summed E-state index contributed by atoms with van der Waals surface area (Å²) in [7, 11) is 0. The second-order valence-electron chi connectivity index (χ2n) is 5.91. The van der Waals surface area contributed by atoms with Gasteiger partial charge in [-0.05, 0) is 37.7 Å². The highest BCUT2D eigenvalue weighted by molar-refractivity contribution is 7.17. The van der Waals surface area contributed by atoms with Crippen LogP contribution in [0.5, 0.6) is 0 Å². The summed E-state index contributed by atoms with van der Waals surface area (Å²) in [6, 6.07) is 0. The first-order valence-electron chi connectivity index (χ1n) is 7.62. The molecule has 0 bridgehead atoms. The molecule has 7 heteroatoms. The van der Waals surface area contributed by atoms with Gasteiger partial charge in [-0.15, -0.1) is 11.3 Å². The molecule has 2 aliphatic rings. The van der Waals surface area contributed by atoms with Crippen LogP contribution < -0.4 is 11.1 Å². The number of aliphatic carboxylic acids is 1. The molecule has 122 valence electrons. The summed E-state index contributed by atoms with van der Waals surface area (Å²) in [5.41, 5.74) is 6.81. The molecule has 0 saturated heterocycles. The van der Waals surface area contributed by atoms with E-state index in [1.54, 1.807) is 6.08 Å². The van der Waals surface area contributed by atoms with E-state index in [-0.39, 0.29) is 5.91 Å². The van der Waals surface area contributed by atoms with E-state index in [2.05, 4.69) is 5.32 Å². The zero-order valence-electron chi connectivity index (χ0n) is 12.5. The minimum atomic E-state index is -0.974. The minimum absolute atomic E-state index is 0.344. The van der Waals surface area contributed by atoms with Crippen molar-refractivity contribution in [2.75, 3.05) is 5.32 Å². The highest BCUT2D eigenvalue weighted by Gasteiger charge is 2.35. The molecular weight excluding hydrogens is 316 g/mol. The molecule has 23 heavy (non-hydrogen) atoms. The average molecular weight is 334 g/mol. The SMILES string of the molecule is NC(=O)c1c(NC(=O)[C@@H]2CC=CC[C@H]2C(=O)O)sc2c1CCC2. The lowest BCUT2D eigenvalue weighted by atomic mass is 9.82. The molecule has 0 saturated carbocycles. The number of nitrogens with one attached hydrogen (secondary N) is 1. The number of fused-ring (bicyclic) bond motifs is 1. The standard InChI is InChI=1S/C16H18N2O4S/c17-13(19)12-10-6-3-7-11(10)23-15(12)18-14(20)8-4-1-2-5-9(8)16(21)22/h1-2,8-9H,3-7H2,(H2,17,19)(H,18,20)(H,21,22)/t8-,9-/m1/s1. The summed E-state index contributed by atoms with van der Waals surface area (Å²) in [5.74, 6) is -3.24.